The second-order valence-electron chi connectivity index (χ2n) is 11.6. The van der Waals surface area contributed by atoms with Gasteiger partial charge in [0.2, 0.25) is 0 Å². The first-order valence-electron chi connectivity index (χ1n) is 13.3. The molecule has 2 heterocycles. The number of rotatable bonds is 4. The summed E-state index contributed by atoms with van der Waals surface area (Å²) in [6.07, 6.45) is 3.53. The number of anilines is 1. The molecule has 204 valence electrons. The summed E-state index contributed by atoms with van der Waals surface area (Å²) >= 11 is 0. The second-order valence-corrected chi connectivity index (χ2v) is 11.6. The third kappa shape index (κ3) is 3.36. The van der Waals surface area contributed by atoms with Crippen molar-refractivity contribution in [2.24, 2.45) is 10.8 Å². The molecular weight excluding hydrogens is 509 g/mol. The average molecular weight is 540 g/mol. The average Bonchev–Trinajstić information content (AvgIpc) is 3.37. The summed E-state index contributed by atoms with van der Waals surface area (Å²) in [7, 11) is 3.05. The standard InChI is InChI=1S/C33H30FNO5/c1-32(2,3)31(38)28-27(23-13-12-20(39-4)17-25(23)40-5)33(29(36)21-8-6-7-9-22(21)30(33)37)26-15-10-18-16-19(34)11-14-24(18)35(26)28/h6-17,26-28H,1-5H3/t26-,27+,28-/m0/s1. The molecule has 7 heteroatoms. The van der Waals surface area contributed by atoms with Crippen LogP contribution in [-0.2, 0) is 4.79 Å². The summed E-state index contributed by atoms with van der Waals surface area (Å²) in [5, 5.41) is 0. The first-order valence-corrected chi connectivity index (χ1v) is 13.3. The molecule has 1 spiro atoms. The van der Waals surface area contributed by atoms with Crippen LogP contribution in [-0.4, -0.2) is 43.7 Å². The smallest absolute Gasteiger partial charge is 0.180 e. The monoisotopic (exact) mass is 539 g/mol. The fraction of sp³-hybridized carbons (Fsp3) is 0.303. The van der Waals surface area contributed by atoms with Crippen molar-refractivity contribution in [1.82, 2.24) is 0 Å². The SMILES string of the molecule is COc1ccc([C@@H]2[C@@H](C(=O)C(C)(C)C)N3c4ccc(F)cc4C=C[C@H]3C23C(=O)c2ccccc2C3=O)c(OC)c1. The summed E-state index contributed by atoms with van der Waals surface area (Å²) in [4.78, 5) is 45.7. The minimum atomic E-state index is -1.65. The van der Waals surface area contributed by atoms with E-state index < -0.39 is 34.6 Å². The molecule has 3 aromatic carbocycles. The van der Waals surface area contributed by atoms with Gasteiger partial charge < -0.3 is 14.4 Å². The van der Waals surface area contributed by atoms with Gasteiger partial charge in [-0.15, -0.1) is 0 Å². The van der Waals surface area contributed by atoms with Crippen molar-refractivity contribution in [3.05, 3.63) is 94.8 Å². The lowest BCUT2D eigenvalue weighted by Gasteiger charge is -2.38. The van der Waals surface area contributed by atoms with E-state index in [4.69, 9.17) is 9.47 Å². The van der Waals surface area contributed by atoms with Crippen molar-refractivity contribution in [2.75, 3.05) is 19.1 Å². The molecule has 0 saturated carbocycles. The van der Waals surface area contributed by atoms with E-state index in [-0.39, 0.29) is 17.3 Å². The molecule has 0 radical (unpaired) electrons. The Bertz CT molecular complexity index is 1580. The number of benzene rings is 3. The molecule has 1 aliphatic carbocycles. The van der Waals surface area contributed by atoms with Gasteiger partial charge in [0.1, 0.15) is 22.7 Å². The molecule has 3 atom stereocenters. The lowest BCUT2D eigenvalue weighted by Crippen LogP contribution is -2.49. The van der Waals surface area contributed by atoms with Gasteiger partial charge in [-0.1, -0.05) is 63.3 Å². The van der Waals surface area contributed by atoms with E-state index >= 15 is 0 Å². The number of fused-ring (bicyclic) bond motifs is 5. The Morgan fingerprint density at radius 1 is 0.925 bits per heavy atom. The second kappa shape index (κ2) is 8.88. The lowest BCUT2D eigenvalue weighted by molar-refractivity contribution is -0.127. The third-order valence-corrected chi connectivity index (χ3v) is 8.55. The Labute approximate surface area is 232 Å². The summed E-state index contributed by atoms with van der Waals surface area (Å²) in [6.45, 7) is 5.49. The number of methoxy groups -OCH3 is 2. The summed E-state index contributed by atoms with van der Waals surface area (Å²) < 4.78 is 25.6. The van der Waals surface area contributed by atoms with Gasteiger partial charge in [-0.2, -0.15) is 0 Å². The Balaban J connectivity index is 1.72. The quantitative estimate of drug-likeness (QED) is 0.385. The maximum absolute atomic E-state index is 14.7. The van der Waals surface area contributed by atoms with Crippen LogP contribution in [0.5, 0.6) is 11.5 Å². The van der Waals surface area contributed by atoms with Crippen molar-refractivity contribution in [3.8, 4) is 11.5 Å². The van der Waals surface area contributed by atoms with Crippen molar-refractivity contribution in [2.45, 2.75) is 38.8 Å². The van der Waals surface area contributed by atoms with Crippen LogP contribution in [0.15, 0.2) is 66.7 Å². The highest BCUT2D eigenvalue weighted by Crippen LogP contribution is 2.62. The number of hydrogen-bond acceptors (Lipinski definition) is 6. The van der Waals surface area contributed by atoms with Gasteiger partial charge in [-0.05, 0) is 24.3 Å². The highest BCUT2D eigenvalue weighted by molar-refractivity contribution is 6.32. The Morgan fingerprint density at radius 2 is 1.60 bits per heavy atom. The zero-order valence-electron chi connectivity index (χ0n) is 23.0. The van der Waals surface area contributed by atoms with Crippen LogP contribution in [0.25, 0.3) is 6.08 Å². The van der Waals surface area contributed by atoms with Crippen molar-refractivity contribution in [3.63, 3.8) is 0 Å². The first-order chi connectivity index (χ1) is 19.0. The molecule has 6 rings (SSSR count). The number of ketones is 3. The predicted molar refractivity (Wildman–Crippen MR) is 150 cm³/mol. The topological polar surface area (TPSA) is 72.9 Å². The minimum Gasteiger partial charge on any atom is -0.497 e. The van der Waals surface area contributed by atoms with Crippen molar-refractivity contribution < 1.29 is 28.2 Å². The molecule has 0 N–H and O–H groups in total. The van der Waals surface area contributed by atoms with E-state index in [9.17, 15) is 18.8 Å². The Hall–Kier alpha value is -4.26. The first kappa shape index (κ1) is 26.0. The number of carbonyl (C=O) groups is 3. The summed E-state index contributed by atoms with van der Waals surface area (Å²) in [5.41, 5.74) is -0.0542. The van der Waals surface area contributed by atoms with Crippen LogP contribution in [0.4, 0.5) is 10.1 Å². The van der Waals surface area contributed by atoms with Crippen LogP contribution >= 0.6 is 0 Å². The molecule has 3 aliphatic rings. The third-order valence-electron chi connectivity index (χ3n) is 8.55. The van der Waals surface area contributed by atoms with E-state index in [1.807, 2.05) is 25.7 Å². The highest BCUT2D eigenvalue weighted by atomic mass is 19.1. The number of nitrogens with zero attached hydrogens (tertiary/aromatic N) is 1. The summed E-state index contributed by atoms with van der Waals surface area (Å²) in [5.74, 6) is -1.16. The predicted octanol–water partition coefficient (Wildman–Crippen LogP) is 5.89. The molecule has 0 bridgehead atoms. The van der Waals surface area contributed by atoms with Crippen LogP contribution < -0.4 is 14.4 Å². The van der Waals surface area contributed by atoms with Gasteiger partial charge in [-0.25, -0.2) is 4.39 Å². The van der Waals surface area contributed by atoms with Gasteiger partial charge in [0.15, 0.2) is 17.3 Å². The lowest BCUT2D eigenvalue weighted by atomic mass is 9.63. The largest absolute Gasteiger partial charge is 0.497 e. The zero-order chi connectivity index (χ0) is 28.6. The van der Waals surface area contributed by atoms with E-state index in [2.05, 4.69) is 0 Å². The van der Waals surface area contributed by atoms with E-state index in [1.165, 1.54) is 19.2 Å². The zero-order valence-corrected chi connectivity index (χ0v) is 23.0. The molecule has 2 aliphatic heterocycles. The normalized spacial score (nSPS) is 22.2. The van der Waals surface area contributed by atoms with E-state index in [0.29, 0.717) is 39.4 Å². The number of hydrogen-bond donors (Lipinski definition) is 0. The van der Waals surface area contributed by atoms with Crippen LogP contribution in [0.3, 0.4) is 0 Å². The molecule has 6 nitrogen and oxygen atoms in total. The minimum absolute atomic E-state index is 0.139. The van der Waals surface area contributed by atoms with Crippen molar-refractivity contribution >= 4 is 29.1 Å². The molecule has 40 heavy (non-hydrogen) atoms. The molecule has 1 saturated heterocycles. The molecule has 0 unspecified atom stereocenters. The van der Waals surface area contributed by atoms with Gasteiger partial charge in [0, 0.05) is 45.3 Å². The Morgan fingerprint density at radius 3 is 2.20 bits per heavy atom. The van der Waals surface area contributed by atoms with E-state index in [1.54, 1.807) is 67.8 Å². The number of halogens is 1. The van der Waals surface area contributed by atoms with Gasteiger partial charge in [0.05, 0.1) is 26.3 Å². The highest BCUT2D eigenvalue weighted by Gasteiger charge is 2.72. The number of carbonyl (C=O) groups excluding carboxylic acids is 3. The van der Waals surface area contributed by atoms with Crippen LogP contribution in [0.2, 0.25) is 0 Å². The fourth-order valence-electron chi connectivity index (χ4n) is 6.81. The molecule has 0 amide bonds. The molecule has 1 fully saturated rings. The van der Waals surface area contributed by atoms with Gasteiger partial charge >= 0.3 is 0 Å². The maximum atomic E-state index is 14.7. The van der Waals surface area contributed by atoms with Gasteiger partial charge in [-0.3, -0.25) is 14.4 Å². The summed E-state index contributed by atoms with van der Waals surface area (Å²) in [6, 6.07) is 14.7. The van der Waals surface area contributed by atoms with Crippen molar-refractivity contribution in [1.29, 1.82) is 0 Å². The number of Topliss-reactive ketones (excluding diaryl/α,β-unsaturated/α-hetero) is 3. The Kier molecular flexibility index (Phi) is 5.77. The molecule has 0 aromatic heterocycles. The molecular formula is C33H30FNO5. The van der Waals surface area contributed by atoms with Gasteiger partial charge in [0.25, 0.3) is 0 Å². The fourth-order valence-corrected chi connectivity index (χ4v) is 6.81. The van der Waals surface area contributed by atoms with Crippen LogP contribution in [0.1, 0.15) is 58.5 Å². The molecule has 3 aromatic rings. The van der Waals surface area contributed by atoms with Crippen LogP contribution in [0, 0.1) is 16.6 Å². The number of ether oxygens (including phenoxy) is 2. The maximum Gasteiger partial charge on any atom is 0.180 e. The van der Waals surface area contributed by atoms with E-state index in [0.717, 1.165) is 0 Å².